The molecule has 0 aliphatic carbocycles. The molecule has 30 heavy (non-hydrogen) atoms. The number of carboxylic acids is 2. The van der Waals surface area contributed by atoms with E-state index in [9.17, 15) is 4.79 Å². The number of halogens is 2. The lowest BCUT2D eigenvalue weighted by Gasteiger charge is -2.34. The van der Waals surface area contributed by atoms with Gasteiger partial charge in [0.25, 0.3) is 0 Å². The van der Waals surface area contributed by atoms with Crippen molar-refractivity contribution >= 4 is 41.0 Å². The number of rotatable bonds is 7. The second kappa shape index (κ2) is 13.1. The van der Waals surface area contributed by atoms with Crippen LogP contribution in [0.5, 0.6) is 0 Å². The van der Waals surface area contributed by atoms with Gasteiger partial charge >= 0.3 is 11.9 Å². The molecule has 1 aromatic rings. The number of carboxylic acid groups (broad SMARTS) is 2. The van der Waals surface area contributed by atoms with Crippen LogP contribution in [0.15, 0.2) is 43.5 Å². The molecule has 1 amide bonds. The number of benzene rings is 1. The number of hydrogen-bond acceptors (Lipinski definition) is 4. The first-order chi connectivity index (χ1) is 14.2. The molecule has 0 bridgehead atoms. The number of carbonyl (C=O) groups is 3. The number of hydrogen-bond donors (Lipinski definition) is 2. The highest BCUT2D eigenvalue weighted by atomic mass is 35.5. The molecule has 2 rings (SSSR count). The number of nitrogens with zero attached hydrogens (tertiary/aromatic N) is 2. The smallest absolute Gasteiger partial charge is 0.414 e. The predicted octanol–water partition coefficient (Wildman–Crippen LogP) is 3.56. The van der Waals surface area contributed by atoms with Gasteiger partial charge in [-0.2, -0.15) is 0 Å². The Hall–Kier alpha value is -2.35. The molecule has 0 radical (unpaired) electrons. The molecule has 9 heteroatoms. The Morgan fingerprint density at radius 2 is 1.50 bits per heavy atom. The normalized spacial score (nSPS) is 14.2. The van der Waals surface area contributed by atoms with E-state index in [0.29, 0.717) is 23.1 Å². The maximum Gasteiger partial charge on any atom is 0.414 e. The fourth-order valence-electron chi connectivity index (χ4n) is 3.07. The summed E-state index contributed by atoms with van der Waals surface area (Å²) in [6, 6.07) is 5.58. The zero-order chi connectivity index (χ0) is 22.7. The van der Waals surface area contributed by atoms with Crippen LogP contribution in [0.4, 0.5) is 0 Å². The van der Waals surface area contributed by atoms with E-state index in [4.69, 9.17) is 43.0 Å². The van der Waals surface area contributed by atoms with Crippen LogP contribution in [-0.4, -0.2) is 64.0 Å². The predicted molar refractivity (Wildman–Crippen MR) is 117 cm³/mol. The SMILES string of the molecule is C=CCN(CC=C)C(=O)C1CCN(Cc2c(Cl)cccc2Cl)CC1.O=C(O)C(=O)O. The molecule has 1 saturated heterocycles. The van der Waals surface area contributed by atoms with Crippen molar-refractivity contribution in [3.05, 3.63) is 59.1 Å². The van der Waals surface area contributed by atoms with E-state index in [2.05, 4.69) is 18.1 Å². The van der Waals surface area contributed by atoms with Gasteiger partial charge in [0.05, 0.1) is 0 Å². The van der Waals surface area contributed by atoms with Crippen LogP contribution in [-0.2, 0) is 20.9 Å². The van der Waals surface area contributed by atoms with Crippen molar-refractivity contribution in [1.29, 1.82) is 0 Å². The third-order valence-electron chi connectivity index (χ3n) is 4.57. The highest BCUT2D eigenvalue weighted by molar-refractivity contribution is 6.36. The van der Waals surface area contributed by atoms with Gasteiger partial charge in [0, 0.05) is 41.2 Å². The summed E-state index contributed by atoms with van der Waals surface area (Å²) in [5, 5.41) is 16.2. The average Bonchev–Trinajstić information content (AvgIpc) is 2.71. The van der Waals surface area contributed by atoms with Gasteiger partial charge in [0.15, 0.2) is 0 Å². The largest absolute Gasteiger partial charge is 0.473 e. The second-order valence-corrected chi connectivity index (χ2v) is 7.50. The highest BCUT2D eigenvalue weighted by Gasteiger charge is 2.28. The Kier molecular flexibility index (Phi) is 11.2. The number of likely N-dealkylation sites (tertiary alicyclic amines) is 1. The lowest BCUT2D eigenvalue weighted by molar-refractivity contribution is -0.159. The molecule has 1 aliphatic rings. The molecule has 1 fully saturated rings. The Morgan fingerprint density at radius 3 is 1.90 bits per heavy atom. The standard InChI is InChI=1S/C19H24Cl2N2O.C2H2O4/c1-3-10-23(11-4-2)19(24)15-8-12-22(13-9-15)14-16-17(20)6-5-7-18(16)21;3-1(4)2(5)6/h3-7,15H,1-2,8-14H2;(H,3,4)(H,5,6). The molecule has 0 aromatic heterocycles. The van der Waals surface area contributed by atoms with Crippen molar-refractivity contribution in [2.45, 2.75) is 19.4 Å². The van der Waals surface area contributed by atoms with E-state index in [1.165, 1.54) is 0 Å². The summed E-state index contributed by atoms with van der Waals surface area (Å²) >= 11 is 12.5. The minimum atomic E-state index is -1.82. The zero-order valence-corrected chi connectivity index (χ0v) is 18.1. The van der Waals surface area contributed by atoms with Gasteiger partial charge in [-0.3, -0.25) is 9.69 Å². The number of amides is 1. The fraction of sp³-hybridized carbons (Fsp3) is 0.381. The van der Waals surface area contributed by atoms with Crippen LogP contribution in [0.3, 0.4) is 0 Å². The van der Waals surface area contributed by atoms with Crippen molar-refractivity contribution in [2.75, 3.05) is 26.2 Å². The number of carbonyl (C=O) groups excluding carboxylic acids is 1. The zero-order valence-electron chi connectivity index (χ0n) is 16.6. The third-order valence-corrected chi connectivity index (χ3v) is 5.28. The molecule has 0 spiro atoms. The maximum atomic E-state index is 12.6. The van der Waals surface area contributed by atoms with Crippen molar-refractivity contribution < 1.29 is 24.6 Å². The summed E-state index contributed by atoms with van der Waals surface area (Å²) < 4.78 is 0. The van der Waals surface area contributed by atoms with E-state index >= 15 is 0 Å². The first kappa shape index (κ1) is 25.7. The lowest BCUT2D eigenvalue weighted by atomic mass is 9.94. The van der Waals surface area contributed by atoms with Crippen LogP contribution in [0.25, 0.3) is 0 Å². The van der Waals surface area contributed by atoms with Crippen LogP contribution in [0, 0.1) is 5.92 Å². The summed E-state index contributed by atoms with van der Waals surface area (Å²) in [4.78, 5) is 34.9. The summed E-state index contributed by atoms with van der Waals surface area (Å²) in [7, 11) is 0. The molecule has 164 valence electrons. The molecule has 0 atom stereocenters. The Labute approximate surface area is 186 Å². The first-order valence-electron chi connectivity index (χ1n) is 9.33. The topological polar surface area (TPSA) is 98.2 Å². The van der Waals surface area contributed by atoms with Crippen LogP contribution < -0.4 is 0 Å². The molecule has 7 nitrogen and oxygen atoms in total. The monoisotopic (exact) mass is 456 g/mol. The van der Waals surface area contributed by atoms with Gasteiger partial charge in [-0.25, -0.2) is 9.59 Å². The molecular formula is C21H26Cl2N2O5. The van der Waals surface area contributed by atoms with E-state index in [0.717, 1.165) is 38.0 Å². The van der Waals surface area contributed by atoms with Gasteiger partial charge in [-0.1, -0.05) is 41.4 Å². The molecule has 0 saturated carbocycles. The van der Waals surface area contributed by atoms with Crippen LogP contribution in [0.2, 0.25) is 10.0 Å². The quantitative estimate of drug-likeness (QED) is 0.480. The first-order valence-corrected chi connectivity index (χ1v) is 10.1. The minimum absolute atomic E-state index is 0.0721. The maximum absolute atomic E-state index is 12.6. The number of piperidine rings is 1. The Morgan fingerprint density at radius 1 is 1.03 bits per heavy atom. The Balaban J connectivity index is 0.000000656. The fourth-order valence-corrected chi connectivity index (χ4v) is 3.59. The molecule has 1 aromatic carbocycles. The van der Waals surface area contributed by atoms with Crippen molar-refractivity contribution in [3.8, 4) is 0 Å². The van der Waals surface area contributed by atoms with Crippen LogP contribution in [0.1, 0.15) is 18.4 Å². The lowest BCUT2D eigenvalue weighted by Crippen LogP contribution is -2.42. The van der Waals surface area contributed by atoms with Gasteiger partial charge in [-0.15, -0.1) is 13.2 Å². The summed E-state index contributed by atoms with van der Waals surface area (Å²) in [6.45, 7) is 11.1. The highest BCUT2D eigenvalue weighted by Crippen LogP contribution is 2.28. The van der Waals surface area contributed by atoms with E-state index in [-0.39, 0.29) is 11.8 Å². The summed E-state index contributed by atoms with van der Waals surface area (Å²) in [6.07, 6.45) is 5.23. The molecule has 0 unspecified atom stereocenters. The van der Waals surface area contributed by atoms with Gasteiger partial charge in [0.2, 0.25) is 5.91 Å². The minimum Gasteiger partial charge on any atom is -0.473 e. The summed E-state index contributed by atoms with van der Waals surface area (Å²) in [5.41, 5.74) is 0.963. The summed E-state index contributed by atoms with van der Waals surface area (Å²) in [5.74, 6) is -3.38. The van der Waals surface area contributed by atoms with E-state index in [1.807, 2.05) is 23.1 Å². The van der Waals surface area contributed by atoms with E-state index in [1.54, 1.807) is 12.2 Å². The molecule has 1 heterocycles. The van der Waals surface area contributed by atoms with E-state index < -0.39 is 11.9 Å². The van der Waals surface area contributed by atoms with Crippen molar-refractivity contribution in [1.82, 2.24) is 9.80 Å². The van der Waals surface area contributed by atoms with Gasteiger partial charge in [-0.05, 0) is 38.1 Å². The molecular weight excluding hydrogens is 431 g/mol. The van der Waals surface area contributed by atoms with Gasteiger partial charge < -0.3 is 15.1 Å². The van der Waals surface area contributed by atoms with Crippen molar-refractivity contribution in [3.63, 3.8) is 0 Å². The number of aliphatic carboxylic acids is 2. The molecule has 1 aliphatic heterocycles. The average molecular weight is 457 g/mol. The third kappa shape index (κ3) is 8.18. The van der Waals surface area contributed by atoms with Crippen LogP contribution >= 0.6 is 23.2 Å². The van der Waals surface area contributed by atoms with Gasteiger partial charge in [0.1, 0.15) is 0 Å². The Bertz CT molecular complexity index is 734. The second-order valence-electron chi connectivity index (χ2n) is 6.68. The molecule has 2 N–H and O–H groups in total. The van der Waals surface area contributed by atoms with Crippen molar-refractivity contribution in [2.24, 2.45) is 5.92 Å².